The van der Waals surface area contributed by atoms with Crippen LogP contribution in [-0.4, -0.2) is 67.7 Å². The molecular formula is C20H39N5O3. The zero-order valence-corrected chi connectivity index (χ0v) is 18.6. The minimum Gasteiger partial charge on any atom is -0.444 e. The van der Waals surface area contributed by atoms with Crippen LogP contribution in [0.4, 0.5) is 4.79 Å². The first-order valence-electron chi connectivity index (χ1n) is 10.2. The lowest BCUT2D eigenvalue weighted by Gasteiger charge is -2.31. The molecule has 162 valence electrons. The summed E-state index contributed by atoms with van der Waals surface area (Å²) in [6.07, 6.45) is 3.25. The Balaban J connectivity index is 2.51. The summed E-state index contributed by atoms with van der Waals surface area (Å²) < 4.78 is 5.33. The predicted octanol–water partition coefficient (Wildman–Crippen LogP) is 2.10. The number of rotatable bonds is 6. The molecule has 1 aliphatic carbocycles. The van der Waals surface area contributed by atoms with Gasteiger partial charge < -0.3 is 25.6 Å². The maximum Gasteiger partial charge on any atom is 0.407 e. The number of alkyl carbamates (subject to hydrolysis) is 1. The molecule has 0 aromatic heterocycles. The van der Waals surface area contributed by atoms with Crippen LogP contribution in [0.25, 0.3) is 0 Å². The van der Waals surface area contributed by atoms with E-state index >= 15 is 0 Å². The molecule has 0 heterocycles. The lowest BCUT2D eigenvalue weighted by Crippen LogP contribution is -2.48. The number of likely N-dealkylation sites (N-methyl/N-ethyl adjacent to an activating group) is 1. The third kappa shape index (κ3) is 10.4. The van der Waals surface area contributed by atoms with Gasteiger partial charge in [0.1, 0.15) is 12.1 Å². The molecule has 0 radical (unpaired) electrons. The van der Waals surface area contributed by atoms with E-state index in [9.17, 15) is 9.59 Å². The molecule has 28 heavy (non-hydrogen) atoms. The average Bonchev–Trinajstić information content (AvgIpc) is 2.56. The van der Waals surface area contributed by atoms with Crippen LogP contribution in [0.1, 0.15) is 60.3 Å². The molecule has 8 nitrogen and oxygen atoms in total. The van der Waals surface area contributed by atoms with E-state index in [-0.39, 0.29) is 30.6 Å². The Morgan fingerprint density at radius 3 is 2.07 bits per heavy atom. The highest BCUT2D eigenvalue weighted by Gasteiger charge is 2.25. The summed E-state index contributed by atoms with van der Waals surface area (Å²) in [7, 11) is 3.46. The summed E-state index contributed by atoms with van der Waals surface area (Å²) in [6.45, 7) is 10.7. The summed E-state index contributed by atoms with van der Waals surface area (Å²) in [6, 6.07) is 0.400. The number of guanidine groups is 1. The summed E-state index contributed by atoms with van der Waals surface area (Å²) >= 11 is 0. The number of carbonyl (C=O) groups excluding carboxylic acids is 2. The SMILES string of the molecule is CC(C)CNC(=NCC(=O)N(C)C)NC1CCC(NC(=O)OC(C)(C)C)CC1. The van der Waals surface area contributed by atoms with E-state index in [1.165, 1.54) is 4.90 Å². The molecular weight excluding hydrogens is 358 g/mol. The minimum atomic E-state index is -0.486. The molecule has 0 aliphatic heterocycles. The van der Waals surface area contributed by atoms with Crippen LogP contribution < -0.4 is 16.0 Å². The van der Waals surface area contributed by atoms with Crippen LogP contribution in [0.15, 0.2) is 4.99 Å². The molecule has 0 saturated heterocycles. The number of carbonyl (C=O) groups is 2. The van der Waals surface area contributed by atoms with Gasteiger partial charge in [0.05, 0.1) is 0 Å². The maximum atomic E-state index is 11.9. The van der Waals surface area contributed by atoms with Crippen LogP contribution in [0.3, 0.4) is 0 Å². The Labute approximate surface area is 169 Å². The Bertz CT molecular complexity index is 532. The van der Waals surface area contributed by atoms with E-state index < -0.39 is 5.60 Å². The molecule has 0 spiro atoms. The van der Waals surface area contributed by atoms with Crippen molar-refractivity contribution in [2.45, 2.75) is 78.0 Å². The number of nitrogens with one attached hydrogen (secondary N) is 3. The van der Waals surface area contributed by atoms with Crippen LogP contribution in [-0.2, 0) is 9.53 Å². The highest BCUT2D eigenvalue weighted by molar-refractivity contribution is 5.84. The van der Waals surface area contributed by atoms with Crippen LogP contribution in [0.5, 0.6) is 0 Å². The fraction of sp³-hybridized carbons (Fsp3) is 0.850. The van der Waals surface area contributed by atoms with Crippen molar-refractivity contribution in [3.05, 3.63) is 0 Å². The Morgan fingerprint density at radius 1 is 1.07 bits per heavy atom. The van der Waals surface area contributed by atoms with Crippen LogP contribution >= 0.6 is 0 Å². The second-order valence-electron chi connectivity index (χ2n) is 9.07. The molecule has 0 unspecified atom stereocenters. The van der Waals surface area contributed by atoms with Gasteiger partial charge in [-0.1, -0.05) is 13.8 Å². The molecule has 0 bridgehead atoms. The number of hydrogen-bond acceptors (Lipinski definition) is 4. The zero-order chi connectivity index (χ0) is 21.3. The van der Waals surface area contributed by atoms with Gasteiger partial charge in [0.2, 0.25) is 5.91 Å². The Kier molecular flexibility index (Phi) is 9.55. The van der Waals surface area contributed by atoms with E-state index in [1.807, 2.05) is 20.8 Å². The largest absolute Gasteiger partial charge is 0.444 e. The quantitative estimate of drug-likeness (QED) is 0.471. The van der Waals surface area contributed by atoms with Crippen LogP contribution in [0.2, 0.25) is 0 Å². The van der Waals surface area contributed by atoms with Crippen LogP contribution in [0, 0.1) is 5.92 Å². The molecule has 1 saturated carbocycles. The van der Waals surface area contributed by atoms with Gasteiger partial charge >= 0.3 is 6.09 Å². The first kappa shape index (κ1) is 24.0. The van der Waals surface area contributed by atoms with Gasteiger partial charge in [-0.15, -0.1) is 0 Å². The molecule has 0 atom stereocenters. The van der Waals surface area contributed by atoms with Crippen molar-refractivity contribution in [1.82, 2.24) is 20.9 Å². The minimum absolute atomic E-state index is 0.0316. The molecule has 1 fully saturated rings. The second-order valence-corrected chi connectivity index (χ2v) is 9.07. The van der Waals surface area contributed by atoms with E-state index in [4.69, 9.17) is 4.74 Å². The zero-order valence-electron chi connectivity index (χ0n) is 18.6. The van der Waals surface area contributed by atoms with Crippen molar-refractivity contribution in [2.24, 2.45) is 10.9 Å². The highest BCUT2D eigenvalue weighted by Crippen LogP contribution is 2.19. The van der Waals surface area contributed by atoms with Gasteiger partial charge in [-0.05, 0) is 52.4 Å². The number of ether oxygens (including phenoxy) is 1. The maximum absolute atomic E-state index is 11.9. The number of nitrogens with zero attached hydrogens (tertiary/aromatic N) is 2. The van der Waals surface area contributed by atoms with Crippen molar-refractivity contribution in [3.63, 3.8) is 0 Å². The van der Waals surface area contributed by atoms with Gasteiger partial charge in [-0.25, -0.2) is 9.79 Å². The molecule has 2 amide bonds. The third-order valence-electron chi connectivity index (χ3n) is 4.34. The average molecular weight is 398 g/mol. The van der Waals surface area contributed by atoms with E-state index in [0.717, 1.165) is 32.2 Å². The third-order valence-corrected chi connectivity index (χ3v) is 4.34. The second kappa shape index (κ2) is 11.1. The molecule has 0 aromatic rings. The van der Waals surface area contributed by atoms with Crippen molar-refractivity contribution in [3.8, 4) is 0 Å². The molecule has 1 aliphatic rings. The van der Waals surface area contributed by atoms with Crippen molar-refractivity contribution in [2.75, 3.05) is 27.2 Å². The smallest absolute Gasteiger partial charge is 0.407 e. The fourth-order valence-corrected chi connectivity index (χ4v) is 2.79. The van der Waals surface area contributed by atoms with Crippen molar-refractivity contribution in [1.29, 1.82) is 0 Å². The van der Waals surface area contributed by atoms with E-state index in [0.29, 0.717) is 11.9 Å². The topological polar surface area (TPSA) is 95.1 Å². The monoisotopic (exact) mass is 397 g/mol. The molecule has 3 N–H and O–H groups in total. The lowest BCUT2D eigenvalue weighted by molar-refractivity contribution is -0.127. The van der Waals surface area contributed by atoms with Crippen molar-refractivity contribution < 1.29 is 14.3 Å². The van der Waals surface area contributed by atoms with Gasteiger partial charge in [0.15, 0.2) is 5.96 Å². The van der Waals surface area contributed by atoms with E-state index in [1.54, 1.807) is 14.1 Å². The van der Waals surface area contributed by atoms with Gasteiger partial charge in [-0.3, -0.25) is 4.79 Å². The lowest BCUT2D eigenvalue weighted by atomic mass is 9.91. The summed E-state index contributed by atoms with van der Waals surface area (Å²) in [5.74, 6) is 1.12. The van der Waals surface area contributed by atoms with Crippen molar-refractivity contribution >= 4 is 18.0 Å². The van der Waals surface area contributed by atoms with Gasteiger partial charge in [0, 0.05) is 32.7 Å². The van der Waals surface area contributed by atoms with Gasteiger partial charge in [0.25, 0.3) is 0 Å². The fourth-order valence-electron chi connectivity index (χ4n) is 2.79. The number of hydrogen-bond donors (Lipinski definition) is 3. The summed E-state index contributed by atoms with van der Waals surface area (Å²) in [4.78, 5) is 29.7. The normalized spacial score (nSPS) is 20.5. The van der Waals surface area contributed by atoms with Gasteiger partial charge in [-0.2, -0.15) is 0 Å². The first-order valence-corrected chi connectivity index (χ1v) is 10.2. The number of aliphatic imine (C=N–C) groups is 1. The number of amides is 2. The molecule has 8 heteroatoms. The first-order chi connectivity index (χ1) is 13.0. The summed E-state index contributed by atoms with van der Waals surface area (Å²) in [5.41, 5.74) is -0.486. The standard InChI is InChI=1S/C20H39N5O3/c1-14(2)12-21-18(22-13-17(26)25(6)7)23-15-8-10-16(11-9-15)24-19(27)28-20(3,4)5/h14-16H,8-13H2,1-7H3,(H,24,27)(H2,21,22,23). The Morgan fingerprint density at radius 2 is 1.61 bits per heavy atom. The summed E-state index contributed by atoms with van der Waals surface area (Å²) in [5, 5.41) is 9.71. The predicted molar refractivity (Wildman–Crippen MR) is 112 cm³/mol. The molecule has 1 rings (SSSR count). The Hall–Kier alpha value is -1.99. The highest BCUT2D eigenvalue weighted by atomic mass is 16.6. The molecule has 0 aromatic carbocycles. The van der Waals surface area contributed by atoms with E-state index in [2.05, 4.69) is 34.8 Å².